The average molecular weight is 261 g/mol. The molecule has 0 spiro atoms. The van der Waals surface area contributed by atoms with Crippen molar-refractivity contribution in [3.05, 3.63) is 33.8 Å². The summed E-state index contributed by atoms with van der Waals surface area (Å²) >= 11 is 12.2. The zero-order valence-corrected chi connectivity index (χ0v) is 10.6. The molecule has 16 heavy (non-hydrogen) atoms. The molecule has 0 unspecified atom stereocenters. The van der Waals surface area contributed by atoms with Crippen LogP contribution in [0.15, 0.2) is 18.2 Å². The van der Waals surface area contributed by atoms with Crippen molar-refractivity contribution in [3.63, 3.8) is 0 Å². The number of ether oxygens (including phenoxy) is 2. The Balaban J connectivity index is 2.42. The van der Waals surface area contributed by atoms with Crippen LogP contribution in [0.1, 0.15) is 25.3 Å². The van der Waals surface area contributed by atoms with Gasteiger partial charge in [0.05, 0.1) is 23.3 Å². The van der Waals surface area contributed by atoms with Gasteiger partial charge in [-0.2, -0.15) is 0 Å². The SMILES string of the molecule is CCCC1(c2cccc(Cl)c2Cl)OCCO1. The fourth-order valence-corrected chi connectivity index (χ4v) is 2.46. The largest absolute Gasteiger partial charge is 0.343 e. The molecule has 0 aliphatic carbocycles. The van der Waals surface area contributed by atoms with Gasteiger partial charge in [-0.25, -0.2) is 0 Å². The fourth-order valence-electron chi connectivity index (χ4n) is 2.02. The van der Waals surface area contributed by atoms with Crippen LogP contribution in [-0.4, -0.2) is 13.2 Å². The number of benzene rings is 1. The molecule has 0 bridgehead atoms. The van der Waals surface area contributed by atoms with Crippen molar-refractivity contribution in [1.82, 2.24) is 0 Å². The van der Waals surface area contributed by atoms with E-state index < -0.39 is 5.79 Å². The maximum atomic E-state index is 6.21. The first kappa shape index (κ1) is 12.2. The van der Waals surface area contributed by atoms with Crippen molar-refractivity contribution in [2.45, 2.75) is 25.6 Å². The predicted molar refractivity (Wildman–Crippen MR) is 65.0 cm³/mol. The topological polar surface area (TPSA) is 18.5 Å². The lowest BCUT2D eigenvalue weighted by atomic mass is 10.0. The molecule has 0 N–H and O–H groups in total. The normalized spacial score (nSPS) is 18.9. The van der Waals surface area contributed by atoms with Crippen molar-refractivity contribution in [2.24, 2.45) is 0 Å². The van der Waals surface area contributed by atoms with Crippen molar-refractivity contribution < 1.29 is 9.47 Å². The van der Waals surface area contributed by atoms with E-state index in [1.54, 1.807) is 6.07 Å². The van der Waals surface area contributed by atoms with Crippen LogP contribution < -0.4 is 0 Å². The van der Waals surface area contributed by atoms with Gasteiger partial charge in [0, 0.05) is 12.0 Å². The van der Waals surface area contributed by atoms with Crippen LogP contribution in [0.5, 0.6) is 0 Å². The minimum absolute atomic E-state index is 0.527. The Hall–Kier alpha value is -0.280. The third kappa shape index (κ3) is 2.07. The zero-order chi connectivity index (χ0) is 11.6. The lowest BCUT2D eigenvalue weighted by molar-refractivity contribution is -0.170. The molecule has 1 fully saturated rings. The van der Waals surface area contributed by atoms with E-state index >= 15 is 0 Å². The Morgan fingerprint density at radius 3 is 2.56 bits per heavy atom. The van der Waals surface area contributed by atoms with Gasteiger partial charge in [-0.15, -0.1) is 0 Å². The summed E-state index contributed by atoms with van der Waals surface area (Å²) in [5, 5.41) is 1.06. The van der Waals surface area contributed by atoms with E-state index in [0.29, 0.717) is 23.3 Å². The summed E-state index contributed by atoms with van der Waals surface area (Å²) in [6.07, 6.45) is 1.75. The Bertz CT molecular complexity index is 373. The van der Waals surface area contributed by atoms with E-state index in [9.17, 15) is 0 Å². The predicted octanol–water partition coefficient (Wildman–Crippen LogP) is 3.99. The molecule has 1 saturated heterocycles. The van der Waals surface area contributed by atoms with Gasteiger partial charge < -0.3 is 9.47 Å². The number of hydrogen-bond acceptors (Lipinski definition) is 2. The zero-order valence-electron chi connectivity index (χ0n) is 9.13. The Labute approximate surface area is 105 Å². The highest BCUT2D eigenvalue weighted by atomic mass is 35.5. The quantitative estimate of drug-likeness (QED) is 0.818. The van der Waals surface area contributed by atoms with Crippen LogP contribution in [0.25, 0.3) is 0 Å². The standard InChI is InChI=1S/C12H14Cl2O2/c1-2-6-12(15-7-8-16-12)9-4-3-5-10(13)11(9)14/h3-5H,2,6-8H2,1H3. The minimum Gasteiger partial charge on any atom is -0.343 e. The van der Waals surface area contributed by atoms with E-state index in [1.165, 1.54) is 0 Å². The molecular weight excluding hydrogens is 247 g/mol. The highest BCUT2D eigenvalue weighted by Crippen LogP contribution is 2.41. The molecular formula is C12H14Cl2O2. The van der Waals surface area contributed by atoms with E-state index in [4.69, 9.17) is 32.7 Å². The maximum absolute atomic E-state index is 6.21. The summed E-state index contributed by atoms with van der Waals surface area (Å²) in [5.74, 6) is -0.698. The van der Waals surface area contributed by atoms with Gasteiger partial charge in [0.15, 0.2) is 5.79 Å². The Morgan fingerprint density at radius 2 is 1.94 bits per heavy atom. The van der Waals surface area contributed by atoms with E-state index in [-0.39, 0.29) is 0 Å². The van der Waals surface area contributed by atoms with Gasteiger partial charge in [0.2, 0.25) is 0 Å². The first-order chi connectivity index (χ1) is 7.69. The molecule has 88 valence electrons. The maximum Gasteiger partial charge on any atom is 0.196 e. The molecule has 0 aromatic heterocycles. The molecule has 1 aromatic rings. The summed E-state index contributed by atoms with van der Waals surface area (Å²) in [7, 11) is 0. The molecule has 0 atom stereocenters. The summed E-state index contributed by atoms with van der Waals surface area (Å²) in [5.41, 5.74) is 0.834. The third-order valence-corrected chi connectivity index (χ3v) is 3.51. The van der Waals surface area contributed by atoms with Gasteiger partial charge in [0.1, 0.15) is 0 Å². The number of halogens is 2. The van der Waals surface area contributed by atoms with Gasteiger partial charge >= 0.3 is 0 Å². The fraction of sp³-hybridized carbons (Fsp3) is 0.500. The highest BCUT2D eigenvalue weighted by molar-refractivity contribution is 6.42. The first-order valence-electron chi connectivity index (χ1n) is 5.42. The van der Waals surface area contributed by atoms with E-state index in [1.807, 2.05) is 12.1 Å². The Morgan fingerprint density at radius 1 is 1.25 bits per heavy atom. The van der Waals surface area contributed by atoms with Crippen LogP contribution in [0, 0.1) is 0 Å². The van der Waals surface area contributed by atoms with Gasteiger partial charge in [-0.3, -0.25) is 0 Å². The van der Waals surface area contributed by atoms with Crippen LogP contribution in [-0.2, 0) is 15.3 Å². The van der Waals surface area contributed by atoms with E-state index in [0.717, 1.165) is 18.4 Å². The lowest BCUT2D eigenvalue weighted by Crippen LogP contribution is -2.27. The van der Waals surface area contributed by atoms with Crippen molar-refractivity contribution in [3.8, 4) is 0 Å². The molecule has 4 heteroatoms. The molecule has 2 nitrogen and oxygen atoms in total. The molecule has 1 aromatic carbocycles. The molecule has 1 aliphatic heterocycles. The molecule has 0 amide bonds. The van der Waals surface area contributed by atoms with Crippen LogP contribution in [0.2, 0.25) is 10.0 Å². The summed E-state index contributed by atoms with van der Waals surface area (Å²) in [6.45, 7) is 3.29. The summed E-state index contributed by atoms with van der Waals surface area (Å²) in [4.78, 5) is 0. The van der Waals surface area contributed by atoms with Crippen molar-refractivity contribution >= 4 is 23.2 Å². The second-order valence-electron chi connectivity index (χ2n) is 3.80. The average Bonchev–Trinajstić information content (AvgIpc) is 2.72. The summed E-state index contributed by atoms with van der Waals surface area (Å²) < 4.78 is 11.5. The van der Waals surface area contributed by atoms with Crippen LogP contribution >= 0.6 is 23.2 Å². The van der Waals surface area contributed by atoms with Gasteiger partial charge in [0.25, 0.3) is 0 Å². The second kappa shape index (κ2) is 4.92. The van der Waals surface area contributed by atoms with Gasteiger partial charge in [-0.05, 0) is 6.07 Å². The van der Waals surface area contributed by atoms with Crippen LogP contribution in [0.4, 0.5) is 0 Å². The summed E-state index contributed by atoms with van der Waals surface area (Å²) in [6, 6.07) is 5.54. The lowest BCUT2D eigenvalue weighted by Gasteiger charge is -2.28. The highest BCUT2D eigenvalue weighted by Gasteiger charge is 2.39. The molecule has 1 aliphatic rings. The Kier molecular flexibility index (Phi) is 3.75. The molecule has 1 heterocycles. The van der Waals surface area contributed by atoms with Crippen molar-refractivity contribution in [1.29, 1.82) is 0 Å². The number of rotatable bonds is 3. The van der Waals surface area contributed by atoms with Gasteiger partial charge in [-0.1, -0.05) is 48.7 Å². The van der Waals surface area contributed by atoms with Crippen molar-refractivity contribution in [2.75, 3.05) is 13.2 Å². The minimum atomic E-state index is -0.698. The molecule has 0 radical (unpaired) electrons. The molecule has 2 rings (SSSR count). The monoisotopic (exact) mass is 260 g/mol. The molecule has 0 saturated carbocycles. The number of hydrogen-bond donors (Lipinski definition) is 0. The van der Waals surface area contributed by atoms with E-state index in [2.05, 4.69) is 6.92 Å². The smallest absolute Gasteiger partial charge is 0.196 e. The van der Waals surface area contributed by atoms with Crippen LogP contribution in [0.3, 0.4) is 0 Å². The second-order valence-corrected chi connectivity index (χ2v) is 4.59. The third-order valence-electron chi connectivity index (χ3n) is 2.69. The first-order valence-corrected chi connectivity index (χ1v) is 6.17.